The molecule has 0 saturated carbocycles. The quantitative estimate of drug-likeness (QED) is 0.668. The molecule has 0 unspecified atom stereocenters. The van der Waals surface area contributed by atoms with Gasteiger partial charge in [-0.1, -0.05) is 17.3 Å². The summed E-state index contributed by atoms with van der Waals surface area (Å²) in [6, 6.07) is 12.7. The number of hydrogen-bond acceptors (Lipinski definition) is 6. The van der Waals surface area contributed by atoms with Gasteiger partial charge in [0.05, 0.1) is 5.56 Å². The zero-order chi connectivity index (χ0) is 20.9. The Morgan fingerprint density at radius 3 is 2.60 bits per heavy atom. The molecule has 2 aromatic carbocycles. The largest absolute Gasteiger partial charge is 0.484 e. The summed E-state index contributed by atoms with van der Waals surface area (Å²) < 4.78 is 36.1. The molecule has 4 rings (SSSR count). The van der Waals surface area contributed by atoms with Crippen molar-refractivity contribution in [2.24, 2.45) is 0 Å². The maximum atomic E-state index is 12.7. The van der Waals surface area contributed by atoms with E-state index >= 15 is 0 Å². The molecule has 0 bridgehead atoms. The highest BCUT2D eigenvalue weighted by molar-refractivity contribution is 5.64. The van der Waals surface area contributed by atoms with Crippen molar-refractivity contribution >= 4 is 0 Å². The molecule has 6 nitrogen and oxygen atoms in total. The molecule has 0 aliphatic carbocycles. The molecule has 0 amide bonds. The van der Waals surface area contributed by atoms with Crippen molar-refractivity contribution in [1.82, 2.24) is 15.5 Å². The summed E-state index contributed by atoms with van der Waals surface area (Å²) in [7, 11) is 0. The number of ether oxygens (including phenoxy) is 1. The average molecular weight is 410 g/mol. The molecule has 1 N–H and O–H groups in total. The van der Waals surface area contributed by atoms with E-state index < -0.39 is 19.5 Å². The Hall–Kier alpha value is -3.31. The summed E-state index contributed by atoms with van der Waals surface area (Å²) in [5.74, 6) is 0.816. The fourth-order valence-electron chi connectivity index (χ4n) is 3.41. The first kappa shape index (κ1) is 20.0. The number of alkyl halides is 2. The molecule has 0 spiro atoms. The van der Waals surface area contributed by atoms with Crippen LogP contribution in [0, 0.1) is 11.3 Å². The summed E-state index contributed by atoms with van der Waals surface area (Å²) in [6.07, 6.45) is 0.699. The van der Waals surface area contributed by atoms with Crippen molar-refractivity contribution in [2.45, 2.75) is 18.9 Å². The summed E-state index contributed by atoms with van der Waals surface area (Å²) in [5, 5.41) is 16.8. The number of nitrogens with one attached hydrogen (secondary N) is 1. The van der Waals surface area contributed by atoms with Gasteiger partial charge in [0.1, 0.15) is 25.2 Å². The lowest BCUT2D eigenvalue weighted by Gasteiger charge is -2.13. The summed E-state index contributed by atoms with van der Waals surface area (Å²) >= 11 is 0. The van der Waals surface area contributed by atoms with Gasteiger partial charge in [-0.05, 0) is 61.3 Å². The molecule has 0 saturated heterocycles. The molecular formula is C22H20F2N4O2. The number of benzene rings is 2. The molecule has 1 aromatic heterocycles. The fourth-order valence-corrected chi connectivity index (χ4v) is 3.41. The molecule has 8 heteroatoms. The van der Waals surface area contributed by atoms with Crippen LogP contribution in [-0.2, 0) is 12.8 Å². The third kappa shape index (κ3) is 4.16. The second-order valence-corrected chi connectivity index (χ2v) is 7.03. The third-order valence-corrected chi connectivity index (χ3v) is 5.02. The number of nitrogens with zero attached hydrogens (tertiary/aromatic N) is 3. The molecular weight excluding hydrogens is 390 g/mol. The zero-order valence-corrected chi connectivity index (χ0v) is 16.2. The van der Waals surface area contributed by atoms with Crippen LogP contribution in [0.1, 0.15) is 16.7 Å². The Kier molecular flexibility index (Phi) is 6.00. The van der Waals surface area contributed by atoms with Crippen molar-refractivity contribution in [3.63, 3.8) is 0 Å². The molecule has 0 fully saturated rings. The van der Waals surface area contributed by atoms with Gasteiger partial charge in [0.25, 0.3) is 5.89 Å². The SMILES string of the molecule is N#Cc1cc(-c2nc(-c3ccc4c(c3)CCNCC4)no2)ccc1OC(CF)CF. The number of halogens is 2. The second kappa shape index (κ2) is 9.01. The van der Waals surface area contributed by atoms with E-state index in [1.807, 2.05) is 12.1 Å². The Bertz CT molecular complexity index is 1070. The maximum Gasteiger partial charge on any atom is 0.258 e. The Labute approximate surface area is 172 Å². The van der Waals surface area contributed by atoms with Crippen LogP contribution < -0.4 is 10.1 Å². The molecule has 2 heterocycles. The normalized spacial score (nSPS) is 13.5. The first-order valence-electron chi connectivity index (χ1n) is 9.71. The number of rotatable bonds is 6. The Morgan fingerprint density at radius 1 is 1.07 bits per heavy atom. The van der Waals surface area contributed by atoms with Crippen LogP contribution in [-0.4, -0.2) is 42.7 Å². The Morgan fingerprint density at radius 2 is 1.83 bits per heavy atom. The smallest absolute Gasteiger partial charge is 0.258 e. The third-order valence-electron chi connectivity index (χ3n) is 5.02. The topological polar surface area (TPSA) is 84.0 Å². The minimum atomic E-state index is -1.23. The predicted molar refractivity (Wildman–Crippen MR) is 107 cm³/mol. The average Bonchev–Trinajstić information content (AvgIpc) is 3.16. The lowest BCUT2D eigenvalue weighted by atomic mass is 10.00. The molecule has 1 aliphatic rings. The molecule has 1 aliphatic heterocycles. The van der Waals surface area contributed by atoms with Gasteiger partial charge in [-0.25, -0.2) is 8.78 Å². The highest BCUT2D eigenvalue weighted by atomic mass is 19.1. The lowest BCUT2D eigenvalue weighted by Crippen LogP contribution is -2.21. The second-order valence-electron chi connectivity index (χ2n) is 7.03. The van der Waals surface area contributed by atoms with Gasteiger partial charge >= 0.3 is 0 Å². The minimum Gasteiger partial charge on any atom is -0.484 e. The van der Waals surface area contributed by atoms with Crippen LogP contribution >= 0.6 is 0 Å². The van der Waals surface area contributed by atoms with Crippen LogP contribution in [0.4, 0.5) is 8.78 Å². The van der Waals surface area contributed by atoms with Crippen molar-refractivity contribution in [2.75, 3.05) is 26.4 Å². The van der Waals surface area contributed by atoms with Gasteiger partial charge in [-0.15, -0.1) is 0 Å². The van der Waals surface area contributed by atoms with Crippen molar-refractivity contribution < 1.29 is 18.0 Å². The van der Waals surface area contributed by atoms with E-state index in [9.17, 15) is 14.0 Å². The number of aromatic nitrogens is 2. The minimum absolute atomic E-state index is 0.112. The van der Waals surface area contributed by atoms with Gasteiger partial charge in [0, 0.05) is 11.1 Å². The summed E-state index contributed by atoms with van der Waals surface area (Å²) in [5.41, 5.74) is 4.11. The number of hydrogen-bond donors (Lipinski definition) is 1. The Balaban J connectivity index is 1.60. The molecule has 154 valence electrons. The monoisotopic (exact) mass is 410 g/mol. The van der Waals surface area contributed by atoms with Gasteiger partial charge in [0.2, 0.25) is 5.82 Å². The summed E-state index contributed by atoms with van der Waals surface area (Å²) in [6.45, 7) is -0.0536. The van der Waals surface area contributed by atoms with Gasteiger partial charge in [-0.3, -0.25) is 0 Å². The van der Waals surface area contributed by atoms with Crippen molar-refractivity contribution in [3.8, 4) is 34.7 Å². The standard InChI is InChI=1S/C22H20F2N4O2/c23-11-19(12-24)29-20-4-3-17(10-18(20)13-25)22-27-21(28-30-22)16-2-1-14-5-7-26-8-6-15(14)9-16/h1-4,9-10,19,26H,5-8,11-12H2. The highest BCUT2D eigenvalue weighted by Gasteiger charge is 2.17. The van der Waals surface area contributed by atoms with Crippen LogP contribution in [0.25, 0.3) is 22.8 Å². The molecule has 0 atom stereocenters. The fraction of sp³-hybridized carbons (Fsp3) is 0.318. The van der Waals surface area contributed by atoms with E-state index in [4.69, 9.17) is 9.26 Å². The zero-order valence-electron chi connectivity index (χ0n) is 16.2. The van der Waals surface area contributed by atoms with Crippen LogP contribution in [0.15, 0.2) is 40.9 Å². The number of fused-ring (bicyclic) bond motifs is 1. The van der Waals surface area contributed by atoms with Crippen molar-refractivity contribution in [1.29, 1.82) is 5.26 Å². The maximum absolute atomic E-state index is 12.7. The molecule has 30 heavy (non-hydrogen) atoms. The van der Waals surface area contributed by atoms with E-state index in [0.29, 0.717) is 11.4 Å². The van der Waals surface area contributed by atoms with Crippen LogP contribution in [0.5, 0.6) is 5.75 Å². The van der Waals surface area contributed by atoms with E-state index in [2.05, 4.69) is 27.6 Å². The van der Waals surface area contributed by atoms with E-state index in [1.165, 1.54) is 23.3 Å². The summed E-state index contributed by atoms with van der Waals surface area (Å²) in [4.78, 5) is 4.46. The van der Waals surface area contributed by atoms with E-state index in [-0.39, 0.29) is 17.2 Å². The molecule has 0 radical (unpaired) electrons. The van der Waals surface area contributed by atoms with E-state index in [0.717, 1.165) is 31.5 Å². The van der Waals surface area contributed by atoms with E-state index in [1.54, 1.807) is 6.07 Å². The van der Waals surface area contributed by atoms with Crippen LogP contribution in [0.2, 0.25) is 0 Å². The predicted octanol–water partition coefficient (Wildman–Crippen LogP) is 3.65. The highest BCUT2D eigenvalue weighted by Crippen LogP contribution is 2.29. The first-order chi connectivity index (χ1) is 14.7. The molecule has 3 aromatic rings. The van der Waals surface area contributed by atoms with Gasteiger partial charge in [-0.2, -0.15) is 10.2 Å². The van der Waals surface area contributed by atoms with Crippen LogP contribution in [0.3, 0.4) is 0 Å². The lowest BCUT2D eigenvalue weighted by molar-refractivity contribution is 0.133. The van der Waals surface area contributed by atoms with Crippen molar-refractivity contribution in [3.05, 3.63) is 53.1 Å². The number of nitriles is 1. The first-order valence-corrected chi connectivity index (χ1v) is 9.71. The van der Waals surface area contributed by atoms with Gasteiger partial charge < -0.3 is 14.6 Å². The van der Waals surface area contributed by atoms with Gasteiger partial charge in [0.15, 0.2) is 6.10 Å².